The van der Waals surface area contributed by atoms with Gasteiger partial charge in [-0.1, -0.05) is 25.4 Å². The topological polar surface area (TPSA) is 34.1 Å². The summed E-state index contributed by atoms with van der Waals surface area (Å²) in [6.07, 6.45) is 2.81. The van der Waals surface area contributed by atoms with Gasteiger partial charge in [-0.05, 0) is 12.3 Å². The molecule has 3 nitrogen and oxygen atoms in total. The highest BCUT2D eigenvalue weighted by Crippen LogP contribution is 2.17. The van der Waals surface area contributed by atoms with Crippen molar-refractivity contribution in [3.63, 3.8) is 0 Å². The molecule has 0 radical (unpaired) electrons. The molecule has 1 rings (SSSR count). The molecule has 1 aromatic rings. The van der Waals surface area contributed by atoms with Gasteiger partial charge < -0.3 is 10.1 Å². The molecule has 0 aliphatic heterocycles. The number of hydrogen-bond donors (Lipinski definition) is 1. The lowest BCUT2D eigenvalue weighted by molar-refractivity contribution is 0.125. The molecule has 5 heteroatoms. The van der Waals surface area contributed by atoms with Gasteiger partial charge in [0, 0.05) is 19.7 Å². The fraction of sp³-hybridized carbons (Fsp3) is 0.727. The van der Waals surface area contributed by atoms with Crippen molar-refractivity contribution in [3.05, 3.63) is 15.5 Å². The minimum Gasteiger partial charge on any atom is -0.380 e. The normalized spacial score (nSPS) is 11.2. The smallest absolute Gasteiger partial charge is 0.113 e. The predicted molar refractivity (Wildman–Crippen MR) is 69.1 cm³/mol. The number of halogens is 1. The van der Waals surface area contributed by atoms with Crippen molar-refractivity contribution in [2.24, 2.45) is 5.92 Å². The second-order valence-electron chi connectivity index (χ2n) is 4.03. The molecule has 0 bridgehead atoms. The summed E-state index contributed by atoms with van der Waals surface area (Å²) in [5.74, 6) is 0.713. The van der Waals surface area contributed by atoms with E-state index >= 15 is 0 Å². The van der Waals surface area contributed by atoms with Crippen LogP contribution in [0, 0.1) is 5.92 Å². The molecular formula is C11H19ClN2OS. The van der Waals surface area contributed by atoms with Crippen molar-refractivity contribution >= 4 is 22.9 Å². The minimum atomic E-state index is 0.713. The molecule has 0 unspecified atom stereocenters. The van der Waals surface area contributed by atoms with Crippen molar-refractivity contribution in [3.8, 4) is 0 Å². The van der Waals surface area contributed by atoms with Gasteiger partial charge in [0.15, 0.2) is 0 Å². The fourth-order valence-electron chi connectivity index (χ4n) is 1.13. The van der Waals surface area contributed by atoms with Crippen LogP contribution in [0.5, 0.6) is 0 Å². The van der Waals surface area contributed by atoms with Gasteiger partial charge >= 0.3 is 0 Å². The Morgan fingerprint density at radius 1 is 1.50 bits per heavy atom. The molecular weight excluding hydrogens is 244 g/mol. The lowest BCUT2D eigenvalue weighted by Gasteiger charge is -2.06. The maximum atomic E-state index is 5.77. The average molecular weight is 263 g/mol. The van der Waals surface area contributed by atoms with Crippen molar-refractivity contribution in [1.82, 2.24) is 10.3 Å². The van der Waals surface area contributed by atoms with Crippen LogP contribution < -0.4 is 5.32 Å². The molecule has 1 aromatic heterocycles. The summed E-state index contributed by atoms with van der Waals surface area (Å²) in [5, 5.41) is 4.29. The van der Waals surface area contributed by atoms with Crippen LogP contribution in [0.4, 0.5) is 0 Å². The molecule has 0 amide bonds. The van der Waals surface area contributed by atoms with Gasteiger partial charge in [0.25, 0.3) is 0 Å². The zero-order valence-corrected chi connectivity index (χ0v) is 11.4. The van der Waals surface area contributed by atoms with E-state index in [1.807, 2.05) is 0 Å². The minimum absolute atomic E-state index is 0.713. The van der Waals surface area contributed by atoms with E-state index in [9.17, 15) is 0 Å². The van der Waals surface area contributed by atoms with E-state index in [0.717, 1.165) is 42.1 Å². The first-order valence-corrected chi connectivity index (χ1v) is 6.76. The van der Waals surface area contributed by atoms with Gasteiger partial charge in [-0.25, -0.2) is 4.98 Å². The Labute approximate surface area is 106 Å². The third-order valence-electron chi connectivity index (χ3n) is 2.06. The van der Waals surface area contributed by atoms with Gasteiger partial charge in [-0.2, -0.15) is 0 Å². The number of rotatable bonds is 8. The van der Waals surface area contributed by atoms with E-state index in [-0.39, 0.29) is 0 Å². The largest absolute Gasteiger partial charge is 0.380 e. The Morgan fingerprint density at radius 3 is 2.94 bits per heavy atom. The monoisotopic (exact) mass is 262 g/mol. The molecule has 1 N–H and O–H groups in total. The van der Waals surface area contributed by atoms with Gasteiger partial charge in [-0.15, -0.1) is 11.3 Å². The van der Waals surface area contributed by atoms with Gasteiger partial charge in [0.2, 0.25) is 0 Å². The average Bonchev–Trinajstić information content (AvgIpc) is 2.62. The lowest BCUT2D eigenvalue weighted by atomic mass is 10.1. The fourth-order valence-corrected chi connectivity index (χ4v) is 2.06. The lowest BCUT2D eigenvalue weighted by Crippen LogP contribution is -2.19. The van der Waals surface area contributed by atoms with Crippen LogP contribution >= 0.6 is 22.9 Å². The zero-order chi connectivity index (χ0) is 11.8. The molecule has 0 saturated heterocycles. The summed E-state index contributed by atoms with van der Waals surface area (Å²) < 4.78 is 6.22. The zero-order valence-electron chi connectivity index (χ0n) is 9.83. The summed E-state index contributed by atoms with van der Waals surface area (Å²) >= 11 is 7.29. The standard InChI is InChI=1S/C11H19ClN2OS/c1-9(2)3-5-15-6-4-13-8-11-14-7-10(12)16-11/h7,9,13H,3-6,8H2,1-2H3. The van der Waals surface area contributed by atoms with Crippen molar-refractivity contribution in [2.45, 2.75) is 26.8 Å². The quantitative estimate of drug-likeness (QED) is 0.732. The highest BCUT2D eigenvalue weighted by atomic mass is 35.5. The summed E-state index contributed by atoms with van der Waals surface area (Å²) in [6.45, 7) is 7.64. The third kappa shape index (κ3) is 6.43. The Bertz CT molecular complexity index is 291. The number of thiazole rings is 1. The Balaban J connectivity index is 1.92. The van der Waals surface area contributed by atoms with Crippen LogP contribution in [0.3, 0.4) is 0 Å². The molecule has 0 aromatic carbocycles. The first-order chi connectivity index (χ1) is 7.68. The molecule has 0 atom stereocenters. The van der Waals surface area contributed by atoms with Crippen LogP contribution in [-0.4, -0.2) is 24.7 Å². The molecule has 0 aliphatic rings. The highest BCUT2D eigenvalue weighted by Gasteiger charge is 1.98. The van der Waals surface area contributed by atoms with Crippen molar-refractivity contribution in [1.29, 1.82) is 0 Å². The van der Waals surface area contributed by atoms with E-state index < -0.39 is 0 Å². The van der Waals surface area contributed by atoms with Crippen molar-refractivity contribution < 1.29 is 4.74 Å². The Kier molecular flexibility index (Phi) is 6.96. The second kappa shape index (κ2) is 8.01. The van der Waals surface area contributed by atoms with Gasteiger partial charge in [0.1, 0.15) is 9.34 Å². The maximum Gasteiger partial charge on any atom is 0.113 e. The molecule has 1 heterocycles. The van der Waals surface area contributed by atoms with Crippen molar-refractivity contribution in [2.75, 3.05) is 19.8 Å². The Morgan fingerprint density at radius 2 is 2.31 bits per heavy atom. The number of nitrogens with zero attached hydrogens (tertiary/aromatic N) is 1. The summed E-state index contributed by atoms with van der Waals surface area (Å²) in [6, 6.07) is 0. The van der Waals surface area contributed by atoms with E-state index in [1.54, 1.807) is 6.20 Å². The Hall–Kier alpha value is -0.160. The molecule has 16 heavy (non-hydrogen) atoms. The van der Waals surface area contributed by atoms with Crippen LogP contribution in [0.15, 0.2) is 6.20 Å². The van der Waals surface area contributed by atoms with Crippen LogP contribution in [0.25, 0.3) is 0 Å². The second-order valence-corrected chi connectivity index (χ2v) is 5.78. The van der Waals surface area contributed by atoms with Crippen LogP contribution in [-0.2, 0) is 11.3 Å². The van der Waals surface area contributed by atoms with Crippen LogP contribution in [0.2, 0.25) is 4.34 Å². The maximum absolute atomic E-state index is 5.77. The van der Waals surface area contributed by atoms with E-state index in [1.165, 1.54) is 11.3 Å². The summed E-state index contributed by atoms with van der Waals surface area (Å²) in [4.78, 5) is 4.16. The SMILES string of the molecule is CC(C)CCOCCNCc1ncc(Cl)s1. The first kappa shape index (κ1) is 13.9. The number of aromatic nitrogens is 1. The van der Waals surface area contributed by atoms with Gasteiger partial charge in [-0.3, -0.25) is 0 Å². The van der Waals surface area contributed by atoms with Crippen LogP contribution in [0.1, 0.15) is 25.3 Å². The first-order valence-electron chi connectivity index (χ1n) is 5.57. The number of ether oxygens (including phenoxy) is 1. The summed E-state index contributed by atoms with van der Waals surface area (Å²) in [5.41, 5.74) is 0. The van der Waals surface area contributed by atoms with E-state index in [0.29, 0.717) is 5.92 Å². The number of nitrogens with one attached hydrogen (secondary N) is 1. The molecule has 0 fully saturated rings. The van der Waals surface area contributed by atoms with E-state index in [4.69, 9.17) is 16.3 Å². The van der Waals surface area contributed by atoms with Gasteiger partial charge in [0.05, 0.1) is 12.8 Å². The molecule has 0 aliphatic carbocycles. The highest BCUT2D eigenvalue weighted by molar-refractivity contribution is 7.15. The molecule has 92 valence electrons. The number of hydrogen-bond acceptors (Lipinski definition) is 4. The predicted octanol–water partition coefficient (Wildman–Crippen LogP) is 2.95. The summed E-state index contributed by atoms with van der Waals surface area (Å²) in [7, 11) is 0. The third-order valence-corrected chi connectivity index (χ3v) is 3.18. The van der Waals surface area contributed by atoms with E-state index in [2.05, 4.69) is 24.1 Å². The molecule has 0 spiro atoms. The molecule has 0 saturated carbocycles.